The van der Waals surface area contributed by atoms with Crippen LogP contribution in [0.1, 0.15) is 39.5 Å². The first-order chi connectivity index (χ1) is 7.42. The van der Waals surface area contributed by atoms with E-state index < -0.39 is 5.54 Å². The van der Waals surface area contributed by atoms with E-state index in [2.05, 4.69) is 19.2 Å². The van der Waals surface area contributed by atoms with Crippen molar-refractivity contribution in [3.8, 4) is 0 Å². The van der Waals surface area contributed by atoms with Crippen molar-refractivity contribution in [2.45, 2.75) is 45.1 Å². The molecule has 0 spiro atoms. The lowest BCUT2D eigenvalue weighted by Gasteiger charge is -2.42. The van der Waals surface area contributed by atoms with Crippen molar-refractivity contribution in [3.63, 3.8) is 0 Å². The summed E-state index contributed by atoms with van der Waals surface area (Å²) in [7, 11) is 1.66. The van der Waals surface area contributed by atoms with Gasteiger partial charge in [0, 0.05) is 13.7 Å². The zero-order valence-corrected chi connectivity index (χ0v) is 10.6. The van der Waals surface area contributed by atoms with E-state index >= 15 is 0 Å². The topological polar surface area (TPSA) is 64.3 Å². The normalized spacial score (nSPS) is 22.9. The molecule has 0 aliphatic heterocycles. The molecule has 94 valence electrons. The highest BCUT2D eigenvalue weighted by Crippen LogP contribution is 2.39. The lowest BCUT2D eigenvalue weighted by molar-refractivity contribution is -0.126. The Morgan fingerprint density at radius 1 is 1.31 bits per heavy atom. The quantitative estimate of drug-likeness (QED) is 0.691. The zero-order chi connectivity index (χ0) is 12.2. The Morgan fingerprint density at radius 3 is 2.31 bits per heavy atom. The maximum Gasteiger partial charge on any atom is 0.237 e. The number of carbonyl (C=O) groups excluding carboxylic acids is 1. The second kappa shape index (κ2) is 5.15. The predicted molar refractivity (Wildman–Crippen MR) is 64.1 cm³/mol. The second-order valence-electron chi connectivity index (χ2n) is 5.53. The van der Waals surface area contributed by atoms with Gasteiger partial charge in [-0.1, -0.05) is 13.8 Å². The van der Waals surface area contributed by atoms with Crippen LogP contribution in [-0.2, 0) is 9.53 Å². The van der Waals surface area contributed by atoms with Gasteiger partial charge >= 0.3 is 0 Å². The molecule has 1 aliphatic carbocycles. The molecule has 16 heavy (non-hydrogen) atoms. The van der Waals surface area contributed by atoms with Crippen molar-refractivity contribution in [1.29, 1.82) is 0 Å². The third kappa shape index (κ3) is 3.19. The van der Waals surface area contributed by atoms with E-state index in [0.717, 1.165) is 25.7 Å². The number of methoxy groups -OCH3 is 1. The Bertz CT molecular complexity index is 241. The minimum atomic E-state index is -0.506. The molecule has 0 aromatic rings. The number of ether oxygens (including phenoxy) is 1. The SMILES string of the molecule is COCCNC1(C(N)=O)CCC(C)(C)CC1. The Balaban J connectivity index is 2.58. The van der Waals surface area contributed by atoms with Gasteiger partial charge in [-0.15, -0.1) is 0 Å². The first-order valence-electron chi connectivity index (χ1n) is 5.96. The van der Waals surface area contributed by atoms with Crippen molar-refractivity contribution in [3.05, 3.63) is 0 Å². The summed E-state index contributed by atoms with van der Waals surface area (Å²) >= 11 is 0. The fraction of sp³-hybridized carbons (Fsp3) is 0.917. The number of rotatable bonds is 5. The first-order valence-corrected chi connectivity index (χ1v) is 5.96. The molecule has 0 radical (unpaired) electrons. The summed E-state index contributed by atoms with van der Waals surface area (Å²) in [5, 5.41) is 3.27. The summed E-state index contributed by atoms with van der Waals surface area (Å²) in [6.45, 7) is 5.78. The molecule has 1 saturated carbocycles. The highest BCUT2D eigenvalue weighted by molar-refractivity contribution is 5.84. The maximum absolute atomic E-state index is 11.6. The molecule has 4 heteroatoms. The van der Waals surface area contributed by atoms with Crippen LogP contribution in [0.2, 0.25) is 0 Å². The average Bonchev–Trinajstić information content (AvgIpc) is 2.21. The Kier molecular flexibility index (Phi) is 4.33. The lowest BCUT2D eigenvalue weighted by Crippen LogP contribution is -2.58. The monoisotopic (exact) mass is 228 g/mol. The van der Waals surface area contributed by atoms with Gasteiger partial charge in [-0.2, -0.15) is 0 Å². The van der Waals surface area contributed by atoms with E-state index in [1.807, 2.05) is 0 Å². The van der Waals surface area contributed by atoms with E-state index in [1.54, 1.807) is 7.11 Å². The van der Waals surface area contributed by atoms with Crippen LogP contribution in [0.25, 0.3) is 0 Å². The van der Waals surface area contributed by atoms with Gasteiger partial charge in [0.15, 0.2) is 0 Å². The lowest BCUT2D eigenvalue weighted by atomic mass is 9.69. The van der Waals surface area contributed by atoms with Crippen molar-refractivity contribution < 1.29 is 9.53 Å². The number of hydrogen-bond acceptors (Lipinski definition) is 3. The van der Waals surface area contributed by atoms with Crippen molar-refractivity contribution in [1.82, 2.24) is 5.32 Å². The minimum Gasteiger partial charge on any atom is -0.383 e. The maximum atomic E-state index is 11.6. The van der Waals surface area contributed by atoms with Crippen LogP contribution in [-0.4, -0.2) is 31.7 Å². The van der Waals surface area contributed by atoms with Gasteiger partial charge in [0.2, 0.25) is 5.91 Å². The second-order valence-corrected chi connectivity index (χ2v) is 5.53. The molecule has 1 fully saturated rings. The first kappa shape index (κ1) is 13.5. The largest absolute Gasteiger partial charge is 0.383 e. The number of nitrogens with one attached hydrogen (secondary N) is 1. The van der Waals surface area contributed by atoms with Gasteiger partial charge in [0.25, 0.3) is 0 Å². The van der Waals surface area contributed by atoms with Gasteiger partial charge in [-0.25, -0.2) is 0 Å². The molecule has 4 nitrogen and oxygen atoms in total. The summed E-state index contributed by atoms with van der Waals surface area (Å²) in [4.78, 5) is 11.6. The van der Waals surface area contributed by atoms with Crippen molar-refractivity contribution >= 4 is 5.91 Å². The average molecular weight is 228 g/mol. The van der Waals surface area contributed by atoms with E-state index in [-0.39, 0.29) is 5.91 Å². The van der Waals surface area contributed by atoms with Crippen LogP contribution in [0.5, 0.6) is 0 Å². The van der Waals surface area contributed by atoms with E-state index in [0.29, 0.717) is 18.6 Å². The third-order valence-corrected chi connectivity index (χ3v) is 3.70. The molecule has 1 aliphatic rings. The van der Waals surface area contributed by atoms with E-state index in [1.165, 1.54) is 0 Å². The van der Waals surface area contributed by atoms with Gasteiger partial charge in [-0.3, -0.25) is 4.79 Å². The Morgan fingerprint density at radius 2 is 1.88 bits per heavy atom. The van der Waals surface area contributed by atoms with Gasteiger partial charge in [-0.05, 0) is 31.1 Å². The molecule has 0 saturated heterocycles. The molecule has 3 N–H and O–H groups in total. The number of amides is 1. The number of hydrogen-bond donors (Lipinski definition) is 2. The molecule has 0 bridgehead atoms. The van der Waals surface area contributed by atoms with Crippen molar-refractivity contribution in [2.75, 3.05) is 20.3 Å². The van der Waals surface area contributed by atoms with Crippen LogP contribution < -0.4 is 11.1 Å². The van der Waals surface area contributed by atoms with Gasteiger partial charge in [0.1, 0.15) is 0 Å². The summed E-state index contributed by atoms with van der Waals surface area (Å²) in [5.74, 6) is -0.223. The zero-order valence-electron chi connectivity index (χ0n) is 10.6. The number of primary amides is 1. The summed E-state index contributed by atoms with van der Waals surface area (Å²) < 4.78 is 4.98. The van der Waals surface area contributed by atoms with Crippen LogP contribution in [0.15, 0.2) is 0 Å². The van der Waals surface area contributed by atoms with E-state index in [9.17, 15) is 4.79 Å². The van der Waals surface area contributed by atoms with Crippen LogP contribution >= 0.6 is 0 Å². The van der Waals surface area contributed by atoms with Gasteiger partial charge in [0.05, 0.1) is 12.1 Å². The molecule has 0 heterocycles. The minimum absolute atomic E-state index is 0.223. The Labute approximate surface area is 97.9 Å². The molecule has 0 unspecified atom stereocenters. The molecule has 0 aromatic heterocycles. The fourth-order valence-electron chi connectivity index (χ4n) is 2.26. The standard InChI is InChI=1S/C12H24N2O2/c1-11(2)4-6-12(7-5-11,10(13)15)14-8-9-16-3/h14H,4-9H2,1-3H3,(H2,13,15). The summed E-state index contributed by atoms with van der Waals surface area (Å²) in [6, 6.07) is 0. The molecule has 1 rings (SSSR count). The number of nitrogens with two attached hydrogens (primary N) is 1. The summed E-state index contributed by atoms with van der Waals surface area (Å²) in [5.41, 5.74) is 5.36. The molecule has 1 amide bonds. The summed E-state index contributed by atoms with van der Waals surface area (Å²) in [6.07, 6.45) is 3.74. The van der Waals surface area contributed by atoms with Crippen LogP contribution in [0.4, 0.5) is 0 Å². The highest BCUT2D eigenvalue weighted by Gasteiger charge is 2.42. The molecular weight excluding hydrogens is 204 g/mol. The van der Waals surface area contributed by atoms with Gasteiger partial charge < -0.3 is 15.8 Å². The van der Waals surface area contributed by atoms with Crippen LogP contribution in [0, 0.1) is 5.41 Å². The fourth-order valence-corrected chi connectivity index (χ4v) is 2.26. The van der Waals surface area contributed by atoms with E-state index in [4.69, 9.17) is 10.5 Å². The predicted octanol–water partition coefficient (Wildman–Crippen LogP) is 1.05. The molecule has 0 aromatic carbocycles. The number of carbonyl (C=O) groups is 1. The Hall–Kier alpha value is -0.610. The smallest absolute Gasteiger partial charge is 0.237 e. The molecule has 0 atom stereocenters. The van der Waals surface area contributed by atoms with Crippen molar-refractivity contribution in [2.24, 2.45) is 11.1 Å². The van der Waals surface area contributed by atoms with Crippen LogP contribution in [0.3, 0.4) is 0 Å². The molecular formula is C12H24N2O2. The highest BCUT2D eigenvalue weighted by atomic mass is 16.5. The third-order valence-electron chi connectivity index (χ3n) is 3.70.